The van der Waals surface area contributed by atoms with Gasteiger partial charge in [-0.05, 0) is 15.9 Å². The average molecular weight is 261 g/mol. The van der Waals surface area contributed by atoms with Crippen LogP contribution in [0.4, 0.5) is 0 Å². The molecule has 14 heavy (non-hydrogen) atoms. The molecule has 4 nitrogen and oxygen atoms in total. The zero-order valence-corrected chi connectivity index (χ0v) is 9.78. The van der Waals surface area contributed by atoms with Crippen LogP contribution in [0.5, 0.6) is 0 Å². The summed E-state index contributed by atoms with van der Waals surface area (Å²) in [6, 6.07) is 0. The van der Waals surface area contributed by atoms with Gasteiger partial charge in [-0.3, -0.25) is 4.68 Å². The van der Waals surface area contributed by atoms with Gasteiger partial charge in [0.15, 0.2) is 0 Å². The molecule has 0 aromatic carbocycles. The molecule has 0 atom stereocenters. The number of hydrogen-bond donors (Lipinski definition) is 1. The van der Waals surface area contributed by atoms with E-state index >= 15 is 0 Å². The number of rotatable bonds is 2. The molecule has 1 N–H and O–H groups in total. The van der Waals surface area contributed by atoms with Crippen LogP contribution in [0.15, 0.2) is 10.7 Å². The maximum Gasteiger partial charge on any atom is 0.112 e. The van der Waals surface area contributed by atoms with Gasteiger partial charge in [0.2, 0.25) is 0 Å². The second-order valence-electron chi connectivity index (χ2n) is 3.76. The van der Waals surface area contributed by atoms with Gasteiger partial charge in [0.1, 0.15) is 5.60 Å². The first-order valence-electron chi connectivity index (χ1n) is 4.50. The first-order valence-corrected chi connectivity index (χ1v) is 5.29. The normalized spacial score (nSPS) is 31.6. The van der Waals surface area contributed by atoms with Crippen molar-refractivity contribution in [2.45, 2.75) is 24.5 Å². The summed E-state index contributed by atoms with van der Waals surface area (Å²) in [5.74, 6) is 0. The molecule has 78 valence electrons. The highest BCUT2D eigenvalue weighted by Gasteiger charge is 2.47. The third-order valence-corrected chi connectivity index (χ3v) is 3.38. The Morgan fingerprint density at radius 3 is 2.79 bits per heavy atom. The molecule has 0 amide bonds. The zero-order chi connectivity index (χ0) is 10.3. The van der Waals surface area contributed by atoms with Crippen molar-refractivity contribution in [2.75, 3.05) is 7.11 Å². The Morgan fingerprint density at radius 1 is 1.71 bits per heavy atom. The Hall–Kier alpha value is -0.390. The fourth-order valence-electron chi connectivity index (χ4n) is 1.99. The van der Waals surface area contributed by atoms with Crippen LogP contribution in [0.1, 0.15) is 18.5 Å². The first kappa shape index (κ1) is 10.1. The molecule has 0 spiro atoms. The minimum atomic E-state index is -0.773. The van der Waals surface area contributed by atoms with Gasteiger partial charge in [0, 0.05) is 27.0 Å². The smallest absolute Gasteiger partial charge is 0.112 e. The van der Waals surface area contributed by atoms with Crippen LogP contribution < -0.4 is 0 Å². The number of methoxy groups -OCH3 is 1. The van der Waals surface area contributed by atoms with Crippen molar-refractivity contribution in [3.8, 4) is 0 Å². The van der Waals surface area contributed by atoms with Crippen LogP contribution in [0, 0.1) is 0 Å². The standard InChI is InChI=1S/C9H13BrN2O2/c1-12-8(7(10)5-11-12)9(13)3-6(4-9)14-2/h5-6,13H,3-4H2,1-2H3. The van der Waals surface area contributed by atoms with Gasteiger partial charge in [-0.2, -0.15) is 5.10 Å². The number of nitrogens with zero attached hydrogens (tertiary/aromatic N) is 2. The van der Waals surface area contributed by atoms with Crippen LogP contribution in [-0.4, -0.2) is 28.1 Å². The number of aryl methyl sites for hydroxylation is 1. The number of ether oxygens (including phenoxy) is 1. The Balaban J connectivity index is 2.24. The predicted octanol–water partition coefficient (Wildman–Crippen LogP) is 1.18. The lowest BCUT2D eigenvalue weighted by molar-refractivity contribution is -0.137. The summed E-state index contributed by atoms with van der Waals surface area (Å²) in [5, 5.41) is 14.3. The van der Waals surface area contributed by atoms with E-state index in [9.17, 15) is 5.11 Å². The molecule has 1 saturated carbocycles. The molecule has 5 heteroatoms. The third kappa shape index (κ3) is 1.39. The average Bonchev–Trinajstić information content (AvgIpc) is 2.41. The van der Waals surface area contributed by atoms with E-state index in [1.807, 2.05) is 7.05 Å². The second kappa shape index (κ2) is 3.32. The largest absolute Gasteiger partial charge is 0.383 e. The summed E-state index contributed by atoms with van der Waals surface area (Å²) in [6.45, 7) is 0. The lowest BCUT2D eigenvalue weighted by Gasteiger charge is -2.42. The number of hydrogen-bond acceptors (Lipinski definition) is 3. The van der Waals surface area contributed by atoms with Crippen molar-refractivity contribution < 1.29 is 9.84 Å². The summed E-state index contributed by atoms with van der Waals surface area (Å²) < 4.78 is 7.72. The van der Waals surface area contributed by atoms with E-state index in [2.05, 4.69) is 21.0 Å². The highest BCUT2D eigenvalue weighted by atomic mass is 79.9. The summed E-state index contributed by atoms with van der Waals surface area (Å²) in [5.41, 5.74) is 0.0656. The molecule has 0 saturated heterocycles. The predicted molar refractivity (Wildman–Crippen MR) is 54.8 cm³/mol. The first-order chi connectivity index (χ1) is 6.57. The number of halogens is 1. The van der Waals surface area contributed by atoms with Gasteiger partial charge < -0.3 is 9.84 Å². The van der Waals surface area contributed by atoms with Gasteiger partial charge in [-0.15, -0.1) is 0 Å². The topological polar surface area (TPSA) is 47.3 Å². The van der Waals surface area contributed by atoms with Gasteiger partial charge >= 0.3 is 0 Å². The van der Waals surface area contributed by atoms with Gasteiger partial charge in [-0.1, -0.05) is 0 Å². The number of aliphatic hydroxyl groups is 1. The molecule has 2 rings (SSSR count). The minimum Gasteiger partial charge on any atom is -0.383 e. The Kier molecular flexibility index (Phi) is 2.41. The van der Waals surface area contributed by atoms with E-state index in [-0.39, 0.29) is 6.10 Å². The summed E-state index contributed by atoms with van der Waals surface area (Å²) in [6.07, 6.45) is 3.15. The number of aromatic nitrogens is 2. The monoisotopic (exact) mass is 260 g/mol. The van der Waals surface area contributed by atoms with Crippen LogP contribution in [0.25, 0.3) is 0 Å². The quantitative estimate of drug-likeness (QED) is 0.869. The summed E-state index contributed by atoms with van der Waals surface area (Å²) in [4.78, 5) is 0. The minimum absolute atomic E-state index is 0.168. The van der Waals surface area contributed by atoms with Crippen LogP contribution in [-0.2, 0) is 17.4 Å². The Morgan fingerprint density at radius 2 is 2.36 bits per heavy atom. The zero-order valence-electron chi connectivity index (χ0n) is 8.20. The van der Waals surface area contributed by atoms with Gasteiger partial charge in [0.25, 0.3) is 0 Å². The van der Waals surface area contributed by atoms with E-state index < -0.39 is 5.60 Å². The van der Waals surface area contributed by atoms with E-state index in [1.165, 1.54) is 0 Å². The molecule has 0 radical (unpaired) electrons. The van der Waals surface area contributed by atoms with Crippen molar-refractivity contribution in [1.82, 2.24) is 9.78 Å². The van der Waals surface area contributed by atoms with Gasteiger partial charge in [-0.25, -0.2) is 0 Å². The molecule has 1 aliphatic rings. The molecule has 0 unspecified atom stereocenters. The van der Waals surface area contributed by atoms with Crippen LogP contribution >= 0.6 is 15.9 Å². The highest BCUT2D eigenvalue weighted by Crippen LogP contribution is 2.44. The third-order valence-electron chi connectivity index (χ3n) is 2.80. The van der Waals surface area contributed by atoms with E-state index in [0.29, 0.717) is 12.8 Å². The van der Waals surface area contributed by atoms with Crippen molar-refractivity contribution in [3.05, 3.63) is 16.4 Å². The molecule has 1 aromatic heterocycles. The van der Waals surface area contributed by atoms with E-state index in [4.69, 9.17) is 4.74 Å². The molecule has 1 heterocycles. The molecule has 1 aromatic rings. The maximum absolute atomic E-state index is 10.3. The lowest BCUT2D eigenvalue weighted by atomic mass is 9.75. The highest BCUT2D eigenvalue weighted by molar-refractivity contribution is 9.10. The lowest BCUT2D eigenvalue weighted by Crippen LogP contribution is -2.46. The SMILES string of the molecule is COC1CC(O)(c2c(Br)cnn2C)C1. The maximum atomic E-state index is 10.3. The van der Waals surface area contributed by atoms with Crippen LogP contribution in [0.2, 0.25) is 0 Å². The molecule has 1 aliphatic carbocycles. The van der Waals surface area contributed by atoms with Crippen LogP contribution in [0.3, 0.4) is 0 Å². The summed E-state index contributed by atoms with van der Waals surface area (Å²) >= 11 is 3.39. The Bertz CT molecular complexity index is 325. The fraction of sp³-hybridized carbons (Fsp3) is 0.667. The van der Waals surface area contributed by atoms with Crippen molar-refractivity contribution in [3.63, 3.8) is 0 Å². The van der Waals surface area contributed by atoms with Crippen molar-refractivity contribution in [2.24, 2.45) is 7.05 Å². The fourth-order valence-corrected chi connectivity index (χ4v) is 2.70. The van der Waals surface area contributed by atoms with E-state index in [1.54, 1.807) is 18.0 Å². The van der Waals surface area contributed by atoms with E-state index in [0.717, 1.165) is 10.2 Å². The van der Waals surface area contributed by atoms with Crippen molar-refractivity contribution in [1.29, 1.82) is 0 Å². The Labute approximate surface area is 91.0 Å². The summed E-state index contributed by atoms with van der Waals surface area (Å²) in [7, 11) is 3.50. The molecule has 0 bridgehead atoms. The molecule has 1 fully saturated rings. The van der Waals surface area contributed by atoms with Crippen molar-refractivity contribution >= 4 is 15.9 Å². The molecule has 0 aliphatic heterocycles. The second-order valence-corrected chi connectivity index (χ2v) is 4.62. The molecular weight excluding hydrogens is 248 g/mol. The molecular formula is C9H13BrN2O2. The van der Waals surface area contributed by atoms with Gasteiger partial charge in [0.05, 0.1) is 22.5 Å².